The molecule has 3 aromatic rings. The third kappa shape index (κ3) is 3.80. The van der Waals surface area contributed by atoms with Gasteiger partial charge >= 0.3 is 11.9 Å². The summed E-state index contributed by atoms with van der Waals surface area (Å²) in [4.78, 5) is 25.3. The van der Waals surface area contributed by atoms with Crippen LogP contribution in [-0.2, 0) is 19.1 Å². The van der Waals surface area contributed by atoms with Crippen LogP contribution in [0.3, 0.4) is 0 Å². The molecule has 0 N–H and O–H groups in total. The molecular formula is C23H24O4. The van der Waals surface area contributed by atoms with Gasteiger partial charge < -0.3 is 9.47 Å². The summed E-state index contributed by atoms with van der Waals surface area (Å²) < 4.78 is 11.0. The molecule has 3 rings (SSSR count). The van der Waals surface area contributed by atoms with Crippen LogP contribution in [0.15, 0.2) is 54.6 Å². The number of fused-ring (bicyclic) bond motifs is 2. The maximum absolute atomic E-state index is 12.8. The van der Waals surface area contributed by atoms with Crippen molar-refractivity contribution in [2.45, 2.75) is 33.3 Å². The SMILES string of the molecule is CCOC(=O)[C@H](OC(=O)[C@@H](C)CC)c1c2ccccc2cc2ccccc12. The minimum absolute atomic E-state index is 0.221. The first kappa shape index (κ1) is 18.9. The second kappa shape index (κ2) is 8.21. The van der Waals surface area contributed by atoms with Crippen molar-refractivity contribution in [2.75, 3.05) is 6.61 Å². The van der Waals surface area contributed by atoms with Crippen molar-refractivity contribution >= 4 is 33.5 Å². The van der Waals surface area contributed by atoms with Gasteiger partial charge in [-0.1, -0.05) is 62.4 Å². The van der Waals surface area contributed by atoms with Crippen LogP contribution in [0, 0.1) is 5.92 Å². The Balaban J connectivity index is 2.24. The van der Waals surface area contributed by atoms with Crippen LogP contribution < -0.4 is 0 Å². The molecule has 0 radical (unpaired) electrons. The number of benzene rings is 3. The number of hydrogen-bond acceptors (Lipinski definition) is 4. The van der Waals surface area contributed by atoms with E-state index in [4.69, 9.17) is 9.47 Å². The molecule has 0 unspecified atom stereocenters. The van der Waals surface area contributed by atoms with E-state index in [1.165, 1.54) is 0 Å². The van der Waals surface area contributed by atoms with Gasteiger partial charge in [0.25, 0.3) is 0 Å². The Morgan fingerprint density at radius 1 is 0.889 bits per heavy atom. The molecule has 140 valence electrons. The van der Waals surface area contributed by atoms with Gasteiger partial charge in [-0.15, -0.1) is 0 Å². The van der Waals surface area contributed by atoms with Gasteiger partial charge in [0.2, 0.25) is 6.10 Å². The second-order valence-corrected chi connectivity index (χ2v) is 6.61. The van der Waals surface area contributed by atoms with Crippen molar-refractivity contribution in [3.8, 4) is 0 Å². The van der Waals surface area contributed by atoms with Crippen LogP contribution in [0.25, 0.3) is 21.5 Å². The van der Waals surface area contributed by atoms with E-state index in [2.05, 4.69) is 6.07 Å². The van der Waals surface area contributed by atoms with Crippen molar-refractivity contribution in [1.82, 2.24) is 0 Å². The van der Waals surface area contributed by atoms with Gasteiger partial charge in [-0.2, -0.15) is 0 Å². The highest BCUT2D eigenvalue weighted by molar-refractivity contribution is 6.05. The van der Waals surface area contributed by atoms with Crippen LogP contribution in [0.5, 0.6) is 0 Å². The molecule has 4 heteroatoms. The van der Waals surface area contributed by atoms with E-state index in [-0.39, 0.29) is 12.5 Å². The van der Waals surface area contributed by atoms with Gasteiger partial charge in [0.1, 0.15) is 0 Å². The zero-order chi connectivity index (χ0) is 19.4. The normalized spacial score (nSPS) is 13.3. The van der Waals surface area contributed by atoms with Crippen molar-refractivity contribution in [2.24, 2.45) is 5.92 Å². The number of carbonyl (C=O) groups is 2. The van der Waals surface area contributed by atoms with Crippen molar-refractivity contribution < 1.29 is 19.1 Å². The third-order valence-corrected chi connectivity index (χ3v) is 4.82. The van der Waals surface area contributed by atoms with Crippen molar-refractivity contribution in [3.63, 3.8) is 0 Å². The molecule has 0 spiro atoms. The van der Waals surface area contributed by atoms with Crippen molar-refractivity contribution in [1.29, 1.82) is 0 Å². The summed E-state index contributed by atoms with van der Waals surface area (Å²) in [7, 11) is 0. The summed E-state index contributed by atoms with van der Waals surface area (Å²) in [5.74, 6) is -1.23. The first-order chi connectivity index (χ1) is 13.1. The summed E-state index contributed by atoms with van der Waals surface area (Å²) in [6, 6.07) is 17.7. The van der Waals surface area contributed by atoms with E-state index in [1.54, 1.807) is 13.8 Å². The summed E-state index contributed by atoms with van der Waals surface area (Å²) in [6.45, 7) is 5.68. The molecule has 0 aliphatic heterocycles. The van der Waals surface area contributed by atoms with Crippen LogP contribution in [0.1, 0.15) is 38.9 Å². The summed E-state index contributed by atoms with van der Waals surface area (Å²) in [5, 5.41) is 3.73. The Morgan fingerprint density at radius 3 is 1.96 bits per heavy atom. The van der Waals surface area contributed by atoms with Gasteiger partial charge in [0.15, 0.2) is 0 Å². The second-order valence-electron chi connectivity index (χ2n) is 6.61. The minimum atomic E-state index is -1.09. The van der Waals surface area contributed by atoms with Gasteiger partial charge in [0.05, 0.1) is 12.5 Å². The van der Waals surface area contributed by atoms with Gasteiger partial charge in [-0.3, -0.25) is 4.79 Å². The third-order valence-electron chi connectivity index (χ3n) is 4.82. The zero-order valence-corrected chi connectivity index (χ0v) is 15.9. The van der Waals surface area contributed by atoms with Gasteiger partial charge in [0, 0.05) is 5.56 Å². The lowest BCUT2D eigenvalue weighted by Crippen LogP contribution is -2.25. The highest BCUT2D eigenvalue weighted by Gasteiger charge is 2.31. The Labute approximate surface area is 159 Å². The van der Waals surface area contributed by atoms with E-state index < -0.39 is 18.0 Å². The van der Waals surface area contributed by atoms with Crippen LogP contribution in [0.2, 0.25) is 0 Å². The topological polar surface area (TPSA) is 52.6 Å². The predicted molar refractivity (Wildman–Crippen MR) is 106 cm³/mol. The quantitative estimate of drug-likeness (QED) is 0.446. The molecule has 27 heavy (non-hydrogen) atoms. The number of esters is 2. The molecule has 3 aromatic carbocycles. The lowest BCUT2D eigenvalue weighted by Gasteiger charge is -2.22. The van der Waals surface area contributed by atoms with Crippen LogP contribution >= 0.6 is 0 Å². The number of hydrogen-bond donors (Lipinski definition) is 0. The average Bonchev–Trinajstić information content (AvgIpc) is 2.69. The summed E-state index contributed by atoms with van der Waals surface area (Å²) in [6.07, 6.45) is -0.451. The highest BCUT2D eigenvalue weighted by Crippen LogP contribution is 2.35. The van der Waals surface area contributed by atoms with Gasteiger partial charge in [-0.05, 0) is 41.0 Å². The largest absolute Gasteiger partial charge is 0.463 e. The smallest absolute Gasteiger partial charge is 0.352 e. The Morgan fingerprint density at radius 2 is 1.44 bits per heavy atom. The summed E-state index contributed by atoms with van der Waals surface area (Å²) in [5.41, 5.74) is 0.679. The van der Waals surface area contributed by atoms with Crippen molar-refractivity contribution in [3.05, 3.63) is 60.2 Å². The fraction of sp³-hybridized carbons (Fsp3) is 0.304. The highest BCUT2D eigenvalue weighted by atomic mass is 16.6. The molecule has 0 saturated heterocycles. The first-order valence-corrected chi connectivity index (χ1v) is 9.34. The standard InChI is InChI=1S/C23H24O4/c1-4-15(3)22(24)27-21(23(25)26-5-2)20-18-12-8-6-10-16(18)14-17-11-7-9-13-19(17)20/h6-15,21H,4-5H2,1-3H3/t15-,21+/m0/s1. The monoisotopic (exact) mass is 364 g/mol. The molecular weight excluding hydrogens is 340 g/mol. The first-order valence-electron chi connectivity index (χ1n) is 9.34. The Kier molecular flexibility index (Phi) is 5.75. The molecule has 0 aromatic heterocycles. The van der Waals surface area contributed by atoms with E-state index in [9.17, 15) is 9.59 Å². The minimum Gasteiger partial charge on any atom is -0.463 e. The number of ether oxygens (including phenoxy) is 2. The molecule has 0 fully saturated rings. The lowest BCUT2D eigenvalue weighted by atomic mass is 9.93. The van der Waals surface area contributed by atoms with Crippen LogP contribution in [0.4, 0.5) is 0 Å². The maximum Gasteiger partial charge on any atom is 0.352 e. The molecule has 0 heterocycles. The molecule has 0 aliphatic carbocycles. The van der Waals surface area contributed by atoms with Crippen LogP contribution in [-0.4, -0.2) is 18.5 Å². The van der Waals surface area contributed by atoms with E-state index in [1.807, 2.05) is 55.5 Å². The Bertz CT molecular complexity index is 922. The van der Waals surface area contributed by atoms with E-state index >= 15 is 0 Å². The summed E-state index contributed by atoms with van der Waals surface area (Å²) >= 11 is 0. The van der Waals surface area contributed by atoms with E-state index in [0.717, 1.165) is 21.5 Å². The molecule has 0 amide bonds. The number of carbonyl (C=O) groups excluding carboxylic acids is 2. The molecule has 0 saturated carbocycles. The fourth-order valence-electron chi connectivity index (χ4n) is 3.17. The average molecular weight is 364 g/mol. The van der Waals surface area contributed by atoms with Gasteiger partial charge in [-0.25, -0.2) is 4.79 Å². The fourth-order valence-corrected chi connectivity index (χ4v) is 3.17. The van der Waals surface area contributed by atoms with E-state index in [0.29, 0.717) is 12.0 Å². The lowest BCUT2D eigenvalue weighted by molar-refractivity contribution is -0.170. The molecule has 4 nitrogen and oxygen atoms in total. The zero-order valence-electron chi connectivity index (χ0n) is 15.9. The predicted octanol–water partition coefficient (Wildman–Crippen LogP) is 5.19. The molecule has 0 aliphatic rings. The Hall–Kier alpha value is -2.88. The number of rotatable bonds is 6. The maximum atomic E-state index is 12.8. The molecule has 2 atom stereocenters. The molecule has 0 bridgehead atoms.